The third kappa shape index (κ3) is 1.53. The first kappa shape index (κ1) is 8.52. The van der Waals surface area contributed by atoms with Crippen LogP contribution in [0, 0.1) is 5.92 Å². The van der Waals surface area contributed by atoms with Gasteiger partial charge < -0.3 is 10.2 Å². The lowest BCUT2D eigenvalue weighted by atomic mass is 9.94. The second-order valence-corrected chi connectivity index (χ2v) is 2.44. The van der Waals surface area contributed by atoms with E-state index in [1.165, 1.54) is 12.2 Å². The number of allylic oxidation sites excluding steroid dienone is 2. The highest BCUT2D eigenvalue weighted by Gasteiger charge is 2.25. The Hall–Kier alpha value is -1.58. The van der Waals surface area contributed by atoms with Gasteiger partial charge in [-0.3, -0.25) is 4.79 Å². The van der Waals surface area contributed by atoms with Crippen molar-refractivity contribution < 1.29 is 19.8 Å². The summed E-state index contributed by atoms with van der Waals surface area (Å²) in [4.78, 5) is 21.0. The van der Waals surface area contributed by atoms with Crippen molar-refractivity contribution in [3.05, 3.63) is 23.8 Å². The fraction of sp³-hybridized carbons (Fsp3) is 0.250. The van der Waals surface area contributed by atoms with Crippen LogP contribution in [0.1, 0.15) is 6.42 Å². The molecule has 0 saturated carbocycles. The van der Waals surface area contributed by atoms with Gasteiger partial charge in [0.25, 0.3) is 0 Å². The van der Waals surface area contributed by atoms with Gasteiger partial charge in [0, 0.05) is 0 Å². The van der Waals surface area contributed by atoms with E-state index in [1.54, 1.807) is 6.08 Å². The minimum absolute atomic E-state index is 0.0509. The van der Waals surface area contributed by atoms with Crippen molar-refractivity contribution in [2.45, 2.75) is 6.42 Å². The topological polar surface area (TPSA) is 74.6 Å². The van der Waals surface area contributed by atoms with E-state index >= 15 is 0 Å². The number of carboxylic acids is 2. The zero-order valence-corrected chi connectivity index (χ0v) is 6.23. The van der Waals surface area contributed by atoms with Crippen LogP contribution in [0.3, 0.4) is 0 Å². The molecule has 4 heteroatoms. The van der Waals surface area contributed by atoms with Crippen LogP contribution in [0.25, 0.3) is 0 Å². The Bertz CT molecular complexity index is 275. The van der Waals surface area contributed by atoms with E-state index in [9.17, 15) is 9.59 Å². The molecule has 0 aromatic rings. The number of carboxylic acid groups (broad SMARTS) is 2. The molecular formula is C8H8O4. The highest BCUT2D eigenvalue weighted by molar-refractivity contribution is 5.95. The molecule has 0 aromatic heterocycles. The summed E-state index contributed by atoms with van der Waals surface area (Å²) in [5.41, 5.74) is -0.0509. The van der Waals surface area contributed by atoms with Crippen molar-refractivity contribution in [2.24, 2.45) is 5.92 Å². The third-order valence-corrected chi connectivity index (χ3v) is 1.65. The van der Waals surface area contributed by atoms with E-state index in [-0.39, 0.29) is 5.57 Å². The molecule has 0 amide bonds. The maximum Gasteiger partial charge on any atom is 0.332 e. The summed E-state index contributed by atoms with van der Waals surface area (Å²) >= 11 is 0. The predicted molar refractivity (Wildman–Crippen MR) is 40.6 cm³/mol. The van der Waals surface area contributed by atoms with Crippen LogP contribution in [-0.4, -0.2) is 22.2 Å². The zero-order chi connectivity index (χ0) is 9.14. The maximum atomic E-state index is 10.5. The molecule has 1 atom stereocenters. The first-order valence-corrected chi connectivity index (χ1v) is 3.45. The van der Waals surface area contributed by atoms with Gasteiger partial charge in [-0.25, -0.2) is 4.79 Å². The van der Waals surface area contributed by atoms with Gasteiger partial charge in [-0.2, -0.15) is 0 Å². The van der Waals surface area contributed by atoms with Crippen molar-refractivity contribution in [3.63, 3.8) is 0 Å². The number of hydrogen-bond donors (Lipinski definition) is 2. The van der Waals surface area contributed by atoms with Crippen LogP contribution in [0.2, 0.25) is 0 Å². The van der Waals surface area contributed by atoms with E-state index in [1.807, 2.05) is 0 Å². The lowest BCUT2D eigenvalue weighted by molar-refractivity contribution is -0.142. The molecule has 0 heterocycles. The third-order valence-electron chi connectivity index (χ3n) is 1.65. The van der Waals surface area contributed by atoms with E-state index in [4.69, 9.17) is 10.2 Å². The Morgan fingerprint density at radius 3 is 2.50 bits per heavy atom. The Morgan fingerprint density at radius 2 is 2.08 bits per heavy atom. The molecule has 0 bridgehead atoms. The molecule has 0 fully saturated rings. The van der Waals surface area contributed by atoms with Gasteiger partial charge >= 0.3 is 11.9 Å². The van der Waals surface area contributed by atoms with Gasteiger partial charge in [0.1, 0.15) is 5.92 Å². The smallest absolute Gasteiger partial charge is 0.332 e. The molecule has 0 spiro atoms. The van der Waals surface area contributed by atoms with Crippen molar-refractivity contribution in [3.8, 4) is 0 Å². The fourth-order valence-corrected chi connectivity index (χ4v) is 1.08. The largest absolute Gasteiger partial charge is 0.481 e. The second-order valence-electron chi connectivity index (χ2n) is 2.44. The Balaban J connectivity index is 2.90. The van der Waals surface area contributed by atoms with Crippen molar-refractivity contribution >= 4 is 11.9 Å². The summed E-state index contributed by atoms with van der Waals surface area (Å²) < 4.78 is 0. The molecule has 0 aliphatic heterocycles. The first-order chi connectivity index (χ1) is 5.63. The van der Waals surface area contributed by atoms with Gasteiger partial charge in [0.15, 0.2) is 0 Å². The molecule has 12 heavy (non-hydrogen) atoms. The number of rotatable bonds is 2. The standard InChI is InChI=1S/C8H8O4/c9-7(10)5-3-1-2-4-6(5)8(11)12/h1,3-5H,2H2,(H,9,10)(H,11,12). The van der Waals surface area contributed by atoms with Gasteiger partial charge in [0.05, 0.1) is 5.57 Å². The van der Waals surface area contributed by atoms with Crippen LogP contribution < -0.4 is 0 Å². The van der Waals surface area contributed by atoms with Crippen LogP contribution >= 0.6 is 0 Å². The lowest BCUT2D eigenvalue weighted by Gasteiger charge is -2.11. The van der Waals surface area contributed by atoms with E-state index < -0.39 is 17.9 Å². The molecule has 64 valence electrons. The monoisotopic (exact) mass is 168 g/mol. The summed E-state index contributed by atoms with van der Waals surface area (Å²) in [7, 11) is 0. The fourth-order valence-electron chi connectivity index (χ4n) is 1.08. The molecule has 0 saturated heterocycles. The lowest BCUT2D eigenvalue weighted by Crippen LogP contribution is -2.20. The minimum Gasteiger partial charge on any atom is -0.481 e. The summed E-state index contributed by atoms with van der Waals surface area (Å²) in [6.07, 6.45) is 4.95. The van der Waals surface area contributed by atoms with E-state index in [0.29, 0.717) is 6.42 Å². The Labute approximate surface area is 68.8 Å². The molecule has 4 nitrogen and oxygen atoms in total. The predicted octanol–water partition coefficient (Wildman–Crippen LogP) is 0.658. The highest BCUT2D eigenvalue weighted by Crippen LogP contribution is 2.19. The molecule has 1 unspecified atom stereocenters. The number of hydrogen-bond acceptors (Lipinski definition) is 2. The molecule has 0 aromatic carbocycles. The molecule has 1 aliphatic rings. The molecule has 1 rings (SSSR count). The SMILES string of the molecule is O=C(O)C1=CCC=CC1C(=O)O. The number of carbonyl (C=O) groups is 2. The minimum atomic E-state index is -1.16. The van der Waals surface area contributed by atoms with Gasteiger partial charge in [0.2, 0.25) is 0 Å². The van der Waals surface area contributed by atoms with Gasteiger partial charge in [-0.1, -0.05) is 18.2 Å². The van der Waals surface area contributed by atoms with E-state index in [2.05, 4.69) is 0 Å². The normalized spacial score (nSPS) is 21.7. The average Bonchev–Trinajstić information content (AvgIpc) is 2.04. The summed E-state index contributed by atoms with van der Waals surface area (Å²) in [6.45, 7) is 0. The zero-order valence-electron chi connectivity index (χ0n) is 6.23. The van der Waals surface area contributed by atoms with Crippen molar-refractivity contribution in [2.75, 3.05) is 0 Å². The first-order valence-electron chi connectivity index (χ1n) is 3.45. The van der Waals surface area contributed by atoms with E-state index in [0.717, 1.165) is 0 Å². The average molecular weight is 168 g/mol. The van der Waals surface area contributed by atoms with Crippen molar-refractivity contribution in [1.82, 2.24) is 0 Å². The van der Waals surface area contributed by atoms with Crippen LogP contribution in [0.5, 0.6) is 0 Å². The summed E-state index contributed by atoms with van der Waals surface area (Å²) in [6, 6.07) is 0. The van der Waals surface area contributed by atoms with Crippen LogP contribution in [0.15, 0.2) is 23.8 Å². The van der Waals surface area contributed by atoms with Crippen LogP contribution in [0.4, 0.5) is 0 Å². The summed E-state index contributed by atoms with van der Waals surface area (Å²) in [5, 5.41) is 17.2. The van der Waals surface area contributed by atoms with Gasteiger partial charge in [-0.15, -0.1) is 0 Å². The molecular weight excluding hydrogens is 160 g/mol. The Kier molecular flexibility index (Phi) is 2.28. The van der Waals surface area contributed by atoms with Gasteiger partial charge in [-0.05, 0) is 6.42 Å². The number of aliphatic carboxylic acids is 2. The van der Waals surface area contributed by atoms with Crippen LogP contribution in [-0.2, 0) is 9.59 Å². The highest BCUT2D eigenvalue weighted by atomic mass is 16.4. The molecule has 2 N–H and O–H groups in total. The quantitative estimate of drug-likeness (QED) is 0.594. The van der Waals surface area contributed by atoms with Crippen molar-refractivity contribution in [1.29, 1.82) is 0 Å². The molecule has 1 aliphatic carbocycles. The summed E-state index contributed by atoms with van der Waals surface area (Å²) in [5.74, 6) is -3.28. The molecule has 0 radical (unpaired) electrons. The Morgan fingerprint density at radius 1 is 1.42 bits per heavy atom. The maximum absolute atomic E-state index is 10.5. The second kappa shape index (κ2) is 3.21.